The highest BCUT2D eigenvalue weighted by atomic mass is 16.3. The van der Waals surface area contributed by atoms with Crippen molar-refractivity contribution in [3.05, 3.63) is 36.0 Å². The van der Waals surface area contributed by atoms with Crippen molar-refractivity contribution in [2.24, 2.45) is 5.41 Å². The van der Waals surface area contributed by atoms with Crippen LogP contribution in [0, 0.1) is 17.3 Å². The molecule has 0 aromatic rings. The van der Waals surface area contributed by atoms with Crippen LogP contribution >= 0.6 is 0 Å². The fourth-order valence-corrected chi connectivity index (χ4v) is 2.89. The lowest BCUT2D eigenvalue weighted by Gasteiger charge is -2.32. The van der Waals surface area contributed by atoms with Gasteiger partial charge in [0.15, 0.2) is 0 Å². The van der Waals surface area contributed by atoms with Gasteiger partial charge in [0.2, 0.25) is 0 Å². The summed E-state index contributed by atoms with van der Waals surface area (Å²) in [5.41, 5.74) is 1.82. The molecular weight excluding hydrogens is 304 g/mol. The lowest BCUT2D eigenvalue weighted by Crippen LogP contribution is -2.23. The third kappa shape index (κ3) is 9.13. The Morgan fingerprint density at radius 3 is 1.80 bits per heavy atom. The minimum absolute atomic E-state index is 0.219. The molecule has 0 atom stereocenters. The van der Waals surface area contributed by atoms with E-state index in [0.717, 1.165) is 24.8 Å². The SMILES string of the molecule is C=C(C)/C=C(\C=C/CC#CC(O)(CC)CC)C(CC)(CC)CC.CC. The van der Waals surface area contributed by atoms with Gasteiger partial charge in [0, 0.05) is 6.42 Å². The van der Waals surface area contributed by atoms with Crippen LogP contribution in [0.5, 0.6) is 0 Å². The summed E-state index contributed by atoms with van der Waals surface area (Å²) in [4.78, 5) is 0. The number of allylic oxidation sites excluding steroid dienone is 5. The van der Waals surface area contributed by atoms with Crippen molar-refractivity contribution in [2.75, 3.05) is 0 Å². The van der Waals surface area contributed by atoms with E-state index in [1.807, 2.05) is 34.6 Å². The molecule has 0 aromatic heterocycles. The zero-order chi connectivity index (χ0) is 19.9. The second-order valence-corrected chi connectivity index (χ2v) is 6.43. The second kappa shape index (κ2) is 14.0. The molecule has 0 unspecified atom stereocenters. The van der Waals surface area contributed by atoms with Crippen LogP contribution in [0.4, 0.5) is 0 Å². The van der Waals surface area contributed by atoms with Crippen LogP contribution in [0.25, 0.3) is 0 Å². The highest BCUT2D eigenvalue weighted by Crippen LogP contribution is 2.39. The van der Waals surface area contributed by atoms with E-state index in [2.05, 4.69) is 57.4 Å². The van der Waals surface area contributed by atoms with Crippen LogP contribution in [-0.2, 0) is 0 Å². The molecule has 0 aromatic carbocycles. The number of hydrogen-bond acceptors (Lipinski definition) is 1. The fraction of sp³-hybridized carbons (Fsp3) is 0.667. The smallest absolute Gasteiger partial charge is 0.125 e. The van der Waals surface area contributed by atoms with E-state index in [9.17, 15) is 5.11 Å². The average Bonchev–Trinajstić information content (AvgIpc) is 2.64. The van der Waals surface area contributed by atoms with Crippen molar-refractivity contribution in [1.82, 2.24) is 0 Å². The first kappa shape index (κ1) is 26.0. The Balaban J connectivity index is 0. The van der Waals surface area contributed by atoms with Gasteiger partial charge in [0.1, 0.15) is 5.60 Å². The molecule has 0 fully saturated rings. The van der Waals surface area contributed by atoms with Crippen LogP contribution in [0.15, 0.2) is 36.0 Å². The Hall–Kier alpha value is -1.26. The summed E-state index contributed by atoms with van der Waals surface area (Å²) >= 11 is 0. The Morgan fingerprint density at radius 1 is 0.960 bits per heavy atom. The predicted molar refractivity (Wildman–Crippen MR) is 115 cm³/mol. The highest BCUT2D eigenvalue weighted by Gasteiger charge is 2.26. The first-order chi connectivity index (χ1) is 11.8. The summed E-state index contributed by atoms with van der Waals surface area (Å²) in [7, 11) is 0. The quantitative estimate of drug-likeness (QED) is 0.345. The summed E-state index contributed by atoms with van der Waals surface area (Å²) in [6.07, 6.45) is 11.9. The van der Waals surface area contributed by atoms with Gasteiger partial charge in [-0.25, -0.2) is 0 Å². The van der Waals surface area contributed by atoms with Crippen molar-refractivity contribution in [1.29, 1.82) is 0 Å². The van der Waals surface area contributed by atoms with E-state index in [1.165, 1.54) is 5.57 Å². The number of aliphatic hydroxyl groups is 1. The lowest BCUT2D eigenvalue weighted by atomic mass is 9.72. The minimum atomic E-state index is -0.829. The topological polar surface area (TPSA) is 20.2 Å². The normalized spacial score (nSPS) is 12.3. The summed E-state index contributed by atoms with van der Waals surface area (Å²) < 4.78 is 0. The van der Waals surface area contributed by atoms with Crippen LogP contribution in [0.2, 0.25) is 0 Å². The van der Waals surface area contributed by atoms with E-state index in [0.29, 0.717) is 19.3 Å². The maximum atomic E-state index is 10.2. The van der Waals surface area contributed by atoms with Crippen molar-refractivity contribution in [2.45, 2.75) is 99.5 Å². The average molecular weight is 347 g/mol. The standard InChI is InChI=1S/C22H36O.C2H6/c1-8-21(9-2,10-3)20(18-19(6)7)16-14-13-15-17-22(23,11-4)12-5;1-2/h14,16,18,23H,6,8-13H2,1-5,7H3;1-2H3/b16-14-,20-18+;. The molecule has 0 spiro atoms. The van der Waals surface area contributed by atoms with Crippen LogP contribution < -0.4 is 0 Å². The van der Waals surface area contributed by atoms with Gasteiger partial charge >= 0.3 is 0 Å². The van der Waals surface area contributed by atoms with E-state index >= 15 is 0 Å². The van der Waals surface area contributed by atoms with Gasteiger partial charge in [-0.15, -0.1) is 0 Å². The zero-order valence-corrected chi connectivity index (χ0v) is 18.1. The molecule has 0 rings (SSSR count). The summed E-state index contributed by atoms with van der Waals surface area (Å²) in [6.45, 7) is 20.8. The van der Waals surface area contributed by atoms with E-state index in [-0.39, 0.29) is 5.41 Å². The van der Waals surface area contributed by atoms with Gasteiger partial charge in [-0.2, -0.15) is 0 Å². The fourth-order valence-electron chi connectivity index (χ4n) is 2.89. The molecule has 0 radical (unpaired) electrons. The third-order valence-corrected chi connectivity index (χ3v) is 5.05. The second-order valence-electron chi connectivity index (χ2n) is 6.43. The monoisotopic (exact) mass is 346 g/mol. The zero-order valence-electron chi connectivity index (χ0n) is 18.1. The van der Waals surface area contributed by atoms with Gasteiger partial charge in [0.05, 0.1) is 0 Å². The Morgan fingerprint density at radius 2 is 1.44 bits per heavy atom. The maximum absolute atomic E-state index is 10.2. The molecule has 0 aliphatic carbocycles. The highest BCUT2D eigenvalue weighted by molar-refractivity contribution is 5.34. The molecule has 0 aliphatic rings. The van der Waals surface area contributed by atoms with Crippen molar-refractivity contribution in [3.8, 4) is 11.8 Å². The third-order valence-electron chi connectivity index (χ3n) is 5.05. The number of hydrogen-bond donors (Lipinski definition) is 1. The molecule has 0 amide bonds. The molecule has 1 nitrogen and oxygen atoms in total. The molecular formula is C24H42O. The van der Waals surface area contributed by atoms with Gasteiger partial charge in [-0.1, -0.05) is 90.7 Å². The molecule has 1 N–H and O–H groups in total. The van der Waals surface area contributed by atoms with Crippen molar-refractivity contribution >= 4 is 0 Å². The molecule has 0 bridgehead atoms. The van der Waals surface area contributed by atoms with Crippen molar-refractivity contribution < 1.29 is 5.11 Å². The summed E-state index contributed by atoms with van der Waals surface area (Å²) in [5.74, 6) is 6.11. The molecule has 0 saturated carbocycles. The molecule has 0 heterocycles. The first-order valence-corrected chi connectivity index (χ1v) is 10.1. The summed E-state index contributed by atoms with van der Waals surface area (Å²) in [6, 6.07) is 0. The maximum Gasteiger partial charge on any atom is 0.125 e. The predicted octanol–water partition coefficient (Wildman–Crippen LogP) is 7.23. The molecule has 25 heavy (non-hydrogen) atoms. The largest absolute Gasteiger partial charge is 0.378 e. The van der Waals surface area contributed by atoms with Crippen LogP contribution in [0.1, 0.15) is 93.9 Å². The van der Waals surface area contributed by atoms with Crippen LogP contribution in [0.3, 0.4) is 0 Å². The number of rotatable bonds is 9. The Labute approximate surface area is 158 Å². The van der Waals surface area contributed by atoms with Crippen molar-refractivity contribution in [3.63, 3.8) is 0 Å². The minimum Gasteiger partial charge on any atom is -0.378 e. The molecule has 1 heteroatoms. The van der Waals surface area contributed by atoms with Gasteiger partial charge < -0.3 is 5.11 Å². The van der Waals surface area contributed by atoms with E-state index < -0.39 is 5.60 Å². The van der Waals surface area contributed by atoms with Gasteiger partial charge in [-0.05, 0) is 50.0 Å². The Bertz CT molecular complexity index is 466. The summed E-state index contributed by atoms with van der Waals surface area (Å²) in [5, 5.41) is 10.2. The molecule has 144 valence electrons. The van der Waals surface area contributed by atoms with Crippen LogP contribution in [-0.4, -0.2) is 10.7 Å². The molecule has 0 aliphatic heterocycles. The van der Waals surface area contributed by atoms with E-state index in [4.69, 9.17) is 0 Å². The van der Waals surface area contributed by atoms with Gasteiger partial charge in [0.25, 0.3) is 0 Å². The lowest BCUT2D eigenvalue weighted by molar-refractivity contribution is 0.0930. The van der Waals surface area contributed by atoms with E-state index in [1.54, 1.807) is 0 Å². The Kier molecular flexibility index (Phi) is 14.5. The first-order valence-electron chi connectivity index (χ1n) is 10.1. The molecule has 0 saturated heterocycles. The van der Waals surface area contributed by atoms with Gasteiger partial charge in [-0.3, -0.25) is 0 Å².